The molecule has 1 unspecified atom stereocenters. The van der Waals surface area contributed by atoms with E-state index in [2.05, 4.69) is 77.8 Å². The Morgan fingerprint density at radius 2 is 1.22 bits per heavy atom. The topological polar surface area (TPSA) is 3.24 Å². The Morgan fingerprint density at radius 1 is 0.778 bits per heavy atom. The molecule has 0 fully saturated rings. The van der Waals surface area contributed by atoms with Crippen LogP contribution in [0.4, 0.5) is 0 Å². The van der Waals surface area contributed by atoms with Crippen molar-refractivity contribution in [3.8, 4) is 0 Å². The fourth-order valence-electron chi connectivity index (χ4n) is 2.49. The molecule has 0 N–H and O–H groups in total. The van der Waals surface area contributed by atoms with Crippen molar-refractivity contribution in [1.29, 1.82) is 0 Å². The van der Waals surface area contributed by atoms with Gasteiger partial charge in [0, 0.05) is 12.1 Å². The largest absolute Gasteiger partial charge is 0.297 e. The summed E-state index contributed by atoms with van der Waals surface area (Å²) >= 11 is 0. The van der Waals surface area contributed by atoms with Crippen LogP contribution >= 0.6 is 0 Å². The highest BCUT2D eigenvalue weighted by Crippen LogP contribution is 2.29. The fourth-order valence-corrected chi connectivity index (χ4v) is 2.49. The molecule has 0 saturated carbocycles. The van der Waals surface area contributed by atoms with Crippen molar-refractivity contribution in [1.82, 2.24) is 4.90 Å². The maximum atomic E-state index is 2.47. The molecule has 0 radical (unpaired) electrons. The van der Waals surface area contributed by atoms with E-state index in [4.69, 9.17) is 0 Å². The summed E-state index contributed by atoms with van der Waals surface area (Å²) in [7, 11) is 2.23. The molecule has 1 rings (SSSR count). The SMILES string of the molecule is CC(C)c1ccc(C(C(C)C)N(C)C(C)C)cc1. The lowest BCUT2D eigenvalue weighted by Gasteiger charge is -2.34. The van der Waals surface area contributed by atoms with Crippen molar-refractivity contribution < 1.29 is 0 Å². The number of rotatable bonds is 5. The van der Waals surface area contributed by atoms with Gasteiger partial charge >= 0.3 is 0 Å². The molecule has 0 aliphatic rings. The average Bonchev–Trinajstić information content (AvgIpc) is 2.29. The Balaban J connectivity index is 3.00. The Kier molecular flexibility index (Phi) is 5.40. The van der Waals surface area contributed by atoms with Gasteiger partial charge in [-0.05, 0) is 43.9 Å². The summed E-state index contributed by atoms with van der Waals surface area (Å²) in [5.41, 5.74) is 2.86. The highest BCUT2D eigenvalue weighted by molar-refractivity contribution is 5.27. The first kappa shape index (κ1) is 15.2. The first-order valence-electron chi connectivity index (χ1n) is 7.16. The molecule has 102 valence electrons. The molecule has 0 saturated heterocycles. The maximum absolute atomic E-state index is 2.47. The summed E-state index contributed by atoms with van der Waals surface area (Å²) in [6, 6.07) is 10.2. The van der Waals surface area contributed by atoms with E-state index in [0.29, 0.717) is 23.9 Å². The number of benzene rings is 1. The van der Waals surface area contributed by atoms with Gasteiger partial charge in [-0.1, -0.05) is 52.0 Å². The summed E-state index contributed by atoms with van der Waals surface area (Å²) < 4.78 is 0. The van der Waals surface area contributed by atoms with E-state index >= 15 is 0 Å². The van der Waals surface area contributed by atoms with E-state index in [0.717, 1.165) is 0 Å². The molecular weight excluding hydrogens is 218 g/mol. The third kappa shape index (κ3) is 3.58. The zero-order valence-electron chi connectivity index (χ0n) is 13.1. The Bertz CT molecular complexity index is 348. The number of hydrogen-bond donors (Lipinski definition) is 0. The van der Waals surface area contributed by atoms with Crippen LogP contribution in [0.15, 0.2) is 24.3 Å². The van der Waals surface area contributed by atoms with Crippen molar-refractivity contribution in [2.75, 3.05) is 7.05 Å². The second-order valence-corrected chi connectivity index (χ2v) is 6.27. The van der Waals surface area contributed by atoms with Crippen LogP contribution in [0, 0.1) is 5.92 Å². The molecule has 0 aromatic heterocycles. The maximum Gasteiger partial charge on any atom is 0.0370 e. The smallest absolute Gasteiger partial charge is 0.0370 e. The van der Waals surface area contributed by atoms with Crippen LogP contribution in [0.1, 0.15) is 64.6 Å². The number of hydrogen-bond acceptors (Lipinski definition) is 1. The van der Waals surface area contributed by atoms with Crippen LogP contribution in [0.5, 0.6) is 0 Å². The van der Waals surface area contributed by atoms with Crippen molar-refractivity contribution in [2.24, 2.45) is 5.92 Å². The summed E-state index contributed by atoms with van der Waals surface area (Å²) in [5, 5.41) is 0. The van der Waals surface area contributed by atoms with Crippen LogP contribution in [-0.2, 0) is 0 Å². The standard InChI is InChI=1S/C17H29N/c1-12(2)15-8-10-16(11-9-15)17(13(3)4)18(7)14(5)6/h8-14,17H,1-7H3. The minimum atomic E-state index is 0.506. The van der Waals surface area contributed by atoms with E-state index in [-0.39, 0.29) is 0 Å². The third-order valence-electron chi connectivity index (χ3n) is 3.83. The first-order valence-corrected chi connectivity index (χ1v) is 7.16. The van der Waals surface area contributed by atoms with Gasteiger partial charge in [0.25, 0.3) is 0 Å². The van der Waals surface area contributed by atoms with Gasteiger partial charge in [0.05, 0.1) is 0 Å². The van der Waals surface area contributed by atoms with E-state index in [1.807, 2.05) is 0 Å². The molecule has 0 spiro atoms. The molecule has 0 aliphatic heterocycles. The zero-order chi connectivity index (χ0) is 13.9. The Labute approximate surface area is 113 Å². The second-order valence-electron chi connectivity index (χ2n) is 6.27. The molecule has 0 heterocycles. The number of nitrogens with zero attached hydrogens (tertiary/aromatic N) is 1. The van der Waals surface area contributed by atoms with Crippen LogP contribution < -0.4 is 0 Å². The van der Waals surface area contributed by atoms with E-state index in [1.54, 1.807) is 0 Å². The van der Waals surface area contributed by atoms with Crippen molar-refractivity contribution in [2.45, 2.75) is 59.5 Å². The molecule has 1 aromatic rings. The quantitative estimate of drug-likeness (QED) is 0.719. The van der Waals surface area contributed by atoms with Crippen molar-refractivity contribution in [3.63, 3.8) is 0 Å². The van der Waals surface area contributed by atoms with Gasteiger partial charge in [-0.15, -0.1) is 0 Å². The Hall–Kier alpha value is -0.820. The molecule has 1 aromatic carbocycles. The molecule has 0 bridgehead atoms. The Morgan fingerprint density at radius 3 is 1.56 bits per heavy atom. The van der Waals surface area contributed by atoms with Crippen LogP contribution in [-0.4, -0.2) is 18.0 Å². The lowest BCUT2D eigenvalue weighted by molar-refractivity contribution is 0.154. The molecule has 0 aliphatic carbocycles. The second kappa shape index (κ2) is 6.38. The fraction of sp³-hybridized carbons (Fsp3) is 0.647. The van der Waals surface area contributed by atoms with E-state index in [9.17, 15) is 0 Å². The summed E-state index contributed by atoms with van der Waals surface area (Å²) in [5.74, 6) is 1.24. The van der Waals surface area contributed by atoms with Gasteiger partial charge in [-0.2, -0.15) is 0 Å². The van der Waals surface area contributed by atoms with E-state index in [1.165, 1.54) is 11.1 Å². The van der Waals surface area contributed by atoms with Crippen LogP contribution in [0.25, 0.3) is 0 Å². The van der Waals surface area contributed by atoms with Gasteiger partial charge in [0.2, 0.25) is 0 Å². The molecule has 1 heteroatoms. The van der Waals surface area contributed by atoms with E-state index < -0.39 is 0 Å². The molecule has 1 nitrogen and oxygen atoms in total. The lowest BCUT2D eigenvalue weighted by atomic mass is 9.92. The molecular formula is C17H29N. The van der Waals surface area contributed by atoms with Gasteiger partial charge in [-0.25, -0.2) is 0 Å². The highest BCUT2D eigenvalue weighted by atomic mass is 15.2. The van der Waals surface area contributed by atoms with Gasteiger partial charge < -0.3 is 0 Å². The average molecular weight is 247 g/mol. The van der Waals surface area contributed by atoms with Crippen LogP contribution in [0.2, 0.25) is 0 Å². The summed E-state index contributed by atoms with van der Waals surface area (Å²) in [6.07, 6.45) is 0. The molecule has 18 heavy (non-hydrogen) atoms. The minimum Gasteiger partial charge on any atom is -0.297 e. The van der Waals surface area contributed by atoms with Gasteiger partial charge in [-0.3, -0.25) is 4.90 Å². The third-order valence-corrected chi connectivity index (χ3v) is 3.83. The summed E-state index contributed by atoms with van der Waals surface area (Å²) in [6.45, 7) is 13.6. The summed E-state index contributed by atoms with van der Waals surface area (Å²) in [4.78, 5) is 2.47. The van der Waals surface area contributed by atoms with Gasteiger partial charge in [0.15, 0.2) is 0 Å². The van der Waals surface area contributed by atoms with Crippen molar-refractivity contribution >= 4 is 0 Å². The highest BCUT2D eigenvalue weighted by Gasteiger charge is 2.22. The lowest BCUT2D eigenvalue weighted by Crippen LogP contribution is -2.34. The molecule has 1 atom stereocenters. The minimum absolute atomic E-state index is 0.506. The first-order chi connectivity index (χ1) is 8.34. The van der Waals surface area contributed by atoms with Crippen molar-refractivity contribution in [3.05, 3.63) is 35.4 Å². The monoisotopic (exact) mass is 247 g/mol. The normalized spacial score (nSPS) is 13.9. The van der Waals surface area contributed by atoms with Gasteiger partial charge in [0.1, 0.15) is 0 Å². The predicted octanol–water partition coefficient (Wildman–Crippen LogP) is 4.85. The zero-order valence-corrected chi connectivity index (χ0v) is 13.1. The van der Waals surface area contributed by atoms with Crippen LogP contribution in [0.3, 0.4) is 0 Å². The predicted molar refractivity (Wildman–Crippen MR) is 81.0 cm³/mol. The molecule has 0 amide bonds.